The fourth-order valence-electron chi connectivity index (χ4n) is 2.35. The van der Waals surface area contributed by atoms with Gasteiger partial charge >= 0.3 is 5.97 Å². The molecule has 0 saturated carbocycles. The van der Waals surface area contributed by atoms with Gasteiger partial charge in [-0.2, -0.15) is 0 Å². The molecule has 4 heteroatoms. The Labute approximate surface area is 105 Å². The minimum Gasteiger partial charge on any atom is -0.465 e. The summed E-state index contributed by atoms with van der Waals surface area (Å²) in [6.07, 6.45) is 4.41. The number of hydrogen-bond donors (Lipinski definition) is 1. The SMILES string of the molecule is CCNCCCN1CCCCC1C(=O)OCC. The Hall–Kier alpha value is -0.610. The van der Waals surface area contributed by atoms with Crippen molar-refractivity contribution >= 4 is 5.97 Å². The van der Waals surface area contributed by atoms with Gasteiger partial charge in [0.25, 0.3) is 0 Å². The zero-order valence-corrected chi connectivity index (χ0v) is 11.2. The fraction of sp³-hybridized carbons (Fsp3) is 0.923. The van der Waals surface area contributed by atoms with Crippen molar-refractivity contribution in [3.63, 3.8) is 0 Å². The van der Waals surface area contributed by atoms with E-state index in [9.17, 15) is 4.79 Å². The third kappa shape index (κ3) is 5.04. The number of hydrogen-bond acceptors (Lipinski definition) is 4. The van der Waals surface area contributed by atoms with Crippen LogP contribution in [0.25, 0.3) is 0 Å². The lowest BCUT2D eigenvalue weighted by Gasteiger charge is -2.33. The van der Waals surface area contributed by atoms with E-state index >= 15 is 0 Å². The number of nitrogens with zero attached hydrogens (tertiary/aromatic N) is 1. The molecule has 100 valence electrons. The molecule has 0 aliphatic carbocycles. The van der Waals surface area contributed by atoms with Crippen LogP contribution in [0.4, 0.5) is 0 Å². The van der Waals surface area contributed by atoms with E-state index in [4.69, 9.17) is 4.74 Å². The monoisotopic (exact) mass is 242 g/mol. The molecule has 0 radical (unpaired) electrons. The predicted octanol–water partition coefficient (Wildman–Crippen LogP) is 1.40. The normalized spacial score (nSPS) is 21.4. The molecule has 1 rings (SSSR count). The van der Waals surface area contributed by atoms with Gasteiger partial charge < -0.3 is 10.1 Å². The molecule has 1 atom stereocenters. The third-order valence-electron chi connectivity index (χ3n) is 3.22. The average Bonchev–Trinajstić information content (AvgIpc) is 2.35. The van der Waals surface area contributed by atoms with E-state index in [1.165, 1.54) is 6.42 Å². The number of carbonyl (C=O) groups is 1. The molecule has 1 N–H and O–H groups in total. The number of carbonyl (C=O) groups excluding carboxylic acids is 1. The molecular weight excluding hydrogens is 216 g/mol. The second-order valence-corrected chi connectivity index (χ2v) is 4.51. The summed E-state index contributed by atoms with van der Waals surface area (Å²) in [5.74, 6) is -0.0318. The average molecular weight is 242 g/mol. The molecule has 0 aromatic rings. The van der Waals surface area contributed by atoms with Crippen LogP contribution in [0.5, 0.6) is 0 Å². The first-order valence-electron chi connectivity index (χ1n) is 6.91. The van der Waals surface area contributed by atoms with Crippen molar-refractivity contribution < 1.29 is 9.53 Å². The van der Waals surface area contributed by atoms with Crippen LogP contribution in [0.15, 0.2) is 0 Å². The van der Waals surface area contributed by atoms with Gasteiger partial charge in [-0.15, -0.1) is 0 Å². The number of esters is 1. The van der Waals surface area contributed by atoms with Crippen LogP contribution in [-0.4, -0.2) is 49.7 Å². The van der Waals surface area contributed by atoms with Gasteiger partial charge in [-0.05, 0) is 45.8 Å². The van der Waals surface area contributed by atoms with E-state index < -0.39 is 0 Å². The Morgan fingerprint density at radius 2 is 2.24 bits per heavy atom. The largest absolute Gasteiger partial charge is 0.465 e. The zero-order valence-electron chi connectivity index (χ0n) is 11.2. The van der Waals surface area contributed by atoms with Crippen LogP contribution in [0, 0.1) is 0 Å². The molecular formula is C13H26N2O2. The lowest BCUT2D eigenvalue weighted by molar-refractivity contribution is -0.150. The van der Waals surface area contributed by atoms with E-state index in [1.807, 2.05) is 6.92 Å². The molecule has 0 spiro atoms. The summed E-state index contributed by atoms with van der Waals surface area (Å²) >= 11 is 0. The van der Waals surface area contributed by atoms with Crippen LogP contribution >= 0.6 is 0 Å². The van der Waals surface area contributed by atoms with Crippen molar-refractivity contribution in [2.24, 2.45) is 0 Å². The van der Waals surface area contributed by atoms with Crippen LogP contribution in [-0.2, 0) is 9.53 Å². The van der Waals surface area contributed by atoms with E-state index in [0.717, 1.165) is 45.4 Å². The van der Waals surface area contributed by atoms with Crippen molar-refractivity contribution in [1.29, 1.82) is 0 Å². The summed E-state index contributed by atoms with van der Waals surface area (Å²) in [5.41, 5.74) is 0. The van der Waals surface area contributed by atoms with Crippen LogP contribution < -0.4 is 5.32 Å². The molecule has 17 heavy (non-hydrogen) atoms. The van der Waals surface area contributed by atoms with Crippen LogP contribution in [0.1, 0.15) is 39.5 Å². The maximum atomic E-state index is 11.8. The number of nitrogens with one attached hydrogen (secondary N) is 1. The van der Waals surface area contributed by atoms with Gasteiger partial charge in [0.15, 0.2) is 0 Å². The minimum absolute atomic E-state index is 0.00493. The topological polar surface area (TPSA) is 41.6 Å². The van der Waals surface area contributed by atoms with Gasteiger partial charge in [-0.25, -0.2) is 0 Å². The molecule has 1 fully saturated rings. The number of piperidine rings is 1. The van der Waals surface area contributed by atoms with Gasteiger partial charge in [-0.3, -0.25) is 9.69 Å². The molecule has 0 bridgehead atoms. The van der Waals surface area contributed by atoms with Gasteiger partial charge in [-0.1, -0.05) is 13.3 Å². The van der Waals surface area contributed by atoms with Crippen molar-refractivity contribution in [3.05, 3.63) is 0 Å². The van der Waals surface area contributed by atoms with Gasteiger partial charge in [0.1, 0.15) is 6.04 Å². The highest BCUT2D eigenvalue weighted by Gasteiger charge is 2.28. The molecule has 1 aliphatic rings. The molecule has 0 aromatic heterocycles. The standard InChI is InChI=1S/C13H26N2O2/c1-3-14-9-7-11-15-10-6-5-8-12(15)13(16)17-4-2/h12,14H,3-11H2,1-2H3. The highest BCUT2D eigenvalue weighted by atomic mass is 16.5. The molecule has 1 unspecified atom stereocenters. The Morgan fingerprint density at radius 3 is 2.94 bits per heavy atom. The quantitative estimate of drug-likeness (QED) is 0.541. The van der Waals surface area contributed by atoms with Crippen molar-refractivity contribution in [3.8, 4) is 0 Å². The maximum Gasteiger partial charge on any atom is 0.323 e. The number of likely N-dealkylation sites (tertiary alicyclic amines) is 1. The first kappa shape index (κ1) is 14.5. The Bertz CT molecular complexity index is 221. The highest BCUT2D eigenvalue weighted by Crippen LogP contribution is 2.18. The molecule has 0 aromatic carbocycles. The third-order valence-corrected chi connectivity index (χ3v) is 3.22. The van der Waals surface area contributed by atoms with Gasteiger partial charge in [0, 0.05) is 6.54 Å². The second-order valence-electron chi connectivity index (χ2n) is 4.51. The van der Waals surface area contributed by atoms with E-state index in [1.54, 1.807) is 0 Å². The Balaban J connectivity index is 2.34. The van der Waals surface area contributed by atoms with Crippen LogP contribution in [0.2, 0.25) is 0 Å². The smallest absolute Gasteiger partial charge is 0.323 e. The first-order chi connectivity index (χ1) is 8.29. The summed E-state index contributed by atoms with van der Waals surface area (Å²) < 4.78 is 5.14. The zero-order chi connectivity index (χ0) is 12.5. The lowest BCUT2D eigenvalue weighted by atomic mass is 10.0. The summed E-state index contributed by atoms with van der Waals surface area (Å²) in [7, 11) is 0. The maximum absolute atomic E-state index is 11.8. The van der Waals surface area contributed by atoms with E-state index in [-0.39, 0.29) is 12.0 Å². The minimum atomic E-state index is -0.0318. The van der Waals surface area contributed by atoms with Gasteiger partial charge in [0.05, 0.1) is 6.61 Å². The molecule has 1 aliphatic heterocycles. The van der Waals surface area contributed by atoms with Crippen molar-refractivity contribution in [2.45, 2.75) is 45.6 Å². The second kappa shape index (κ2) is 8.48. The van der Waals surface area contributed by atoms with E-state index in [0.29, 0.717) is 6.61 Å². The highest BCUT2D eigenvalue weighted by molar-refractivity contribution is 5.75. The van der Waals surface area contributed by atoms with Crippen molar-refractivity contribution in [2.75, 3.05) is 32.8 Å². The first-order valence-corrected chi connectivity index (χ1v) is 6.91. The van der Waals surface area contributed by atoms with Gasteiger partial charge in [0.2, 0.25) is 0 Å². The fourth-order valence-corrected chi connectivity index (χ4v) is 2.35. The molecule has 0 amide bonds. The predicted molar refractivity (Wildman–Crippen MR) is 69.0 cm³/mol. The summed E-state index contributed by atoms with van der Waals surface area (Å²) in [6, 6.07) is 0.00493. The number of ether oxygens (including phenoxy) is 1. The summed E-state index contributed by atoms with van der Waals surface area (Å²) in [4.78, 5) is 14.1. The lowest BCUT2D eigenvalue weighted by Crippen LogP contribution is -2.46. The Morgan fingerprint density at radius 1 is 1.41 bits per heavy atom. The summed E-state index contributed by atoms with van der Waals surface area (Å²) in [6.45, 7) is 8.55. The molecule has 4 nitrogen and oxygen atoms in total. The summed E-state index contributed by atoms with van der Waals surface area (Å²) in [5, 5.41) is 3.31. The number of rotatable bonds is 7. The Kier molecular flexibility index (Phi) is 7.21. The van der Waals surface area contributed by atoms with Crippen LogP contribution in [0.3, 0.4) is 0 Å². The molecule has 1 saturated heterocycles. The molecule has 1 heterocycles. The van der Waals surface area contributed by atoms with E-state index in [2.05, 4.69) is 17.1 Å². The van der Waals surface area contributed by atoms with Crippen molar-refractivity contribution in [1.82, 2.24) is 10.2 Å².